The number of rotatable bonds is 8. The largest absolute Gasteiger partial charge is 0.369 e. The minimum absolute atomic E-state index is 0.0409. The number of nitrogens with zero attached hydrogens (tertiary/aromatic N) is 3. The predicted octanol–water partition coefficient (Wildman–Crippen LogP) is 2.77. The number of anilines is 1. The smallest absolute Gasteiger partial charge is 0.226 e. The molecule has 1 aliphatic heterocycles. The van der Waals surface area contributed by atoms with Crippen molar-refractivity contribution in [3.05, 3.63) is 29.8 Å². The number of nitriles is 1. The molecule has 1 saturated heterocycles. The predicted molar refractivity (Wildman–Crippen MR) is 110 cm³/mol. The summed E-state index contributed by atoms with van der Waals surface area (Å²) in [7, 11) is 0. The van der Waals surface area contributed by atoms with E-state index in [-0.39, 0.29) is 17.7 Å². The zero-order valence-corrected chi connectivity index (χ0v) is 17.2. The van der Waals surface area contributed by atoms with E-state index in [0.717, 1.165) is 12.1 Å². The maximum atomic E-state index is 13.3. The minimum atomic E-state index is -0.405. The van der Waals surface area contributed by atoms with Crippen LogP contribution in [0, 0.1) is 29.1 Å². The molecule has 0 radical (unpaired) electrons. The zero-order valence-electron chi connectivity index (χ0n) is 17.2. The quantitative estimate of drug-likeness (QED) is 0.746. The van der Waals surface area contributed by atoms with Crippen LogP contribution in [0.3, 0.4) is 0 Å². The Kier molecular flexibility index (Phi) is 7.86. The number of para-hydroxylation sites is 1. The summed E-state index contributed by atoms with van der Waals surface area (Å²) in [6, 6.07) is 9.78. The Morgan fingerprint density at radius 3 is 2.32 bits per heavy atom. The molecule has 2 N–H and O–H groups in total. The van der Waals surface area contributed by atoms with Crippen LogP contribution >= 0.6 is 0 Å². The van der Waals surface area contributed by atoms with Gasteiger partial charge in [0.25, 0.3) is 0 Å². The molecule has 2 unspecified atom stereocenters. The molecular formula is C22H32N4O2. The van der Waals surface area contributed by atoms with E-state index in [1.165, 1.54) is 0 Å². The van der Waals surface area contributed by atoms with Crippen molar-refractivity contribution < 1.29 is 9.59 Å². The third-order valence-corrected chi connectivity index (χ3v) is 5.45. The number of hydrogen-bond acceptors (Lipinski definition) is 4. The van der Waals surface area contributed by atoms with Crippen molar-refractivity contribution in [3.63, 3.8) is 0 Å². The molecule has 1 fully saturated rings. The molecule has 6 nitrogen and oxygen atoms in total. The topological polar surface area (TPSA) is 90.4 Å². The van der Waals surface area contributed by atoms with Gasteiger partial charge in [-0.25, -0.2) is 0 Å². The van der Waals surface area contributed by atoms with Gasteiger partial charge < -0.3 is 15.5 Å². The van der Waals surface area contributed by atoms with Crippen molar-refractivity contribution in [2.75, 3.05) is 31.1 Å². The number of carbonyl (C=O) groups excluding carboxylic acids is 2. The van der Waals surface area contributed by atoms with E-state index in [2.05, 4.69) is 24.8 Å². The summed E-state index contributed by atoms with van der Waals surface area (Å²) < 4.78 is 0. The highest BCUT2D eigenvalue weighted by Crippen LogP contribution is 2.28. The molecule has 1 aliphatic rings. The van der Waals surface area contributed by atoms with Crippen molar-refractivity contribution in [1.82, 2.24) is 4.90 Å². The molecule has 28 heavy (non-hydrogen) atoms. The van der Waals surface area contributed by atoms with E-state index in [4.69, 9.17) is 5.73 Å². The second-order valence-corrected chi connectivity index (χ2v) is 7.97. The molecule has 1 aromatic rings. The van der Waals surface area contributed by atoms with Crippen molar-refractivity contribution >= 4 is 17.5 Å². The van der Waals surface area contributed by atoms with Gasteiger partial charge in [0.1, 0.15) is 6.07 Å². The maximum Gasteiger partial charge on any atom is 0.226 e. The first-order valence-corrected chi connectivity index (χ1v) is 10.2. The number of carbonyl (C=O) groups is 2. The number of primary amides is 1. The second-order valence-electron chi connectivity index (χ2n) is 7.97. The zero-order chi connectivity index (χ0) is 20.7. The van der Waals surface area contributed by atoms with Gasteiger partial charge >= 0.3 is 0 Å². The average molecular weight is 385 g/mol. The molecule has 1 heterocycles. The molecule has 2 rings (SSSR count). The van der Waals surface area contributed by atoms with Crippen molar-refractivity contribution in [2.24, 2.45) is 23.5 Å². The summed E-state index contributed by atoms with van der Waals surface area (Å²) in [5.74, 6) is -0.773. The van der Waals surface area contributed by atoms with Gasteiger partial charge in [0.2, 0.25) is 11.8 Å². The molecule has 6 heteroatoms. The first kappa shape index (κ1) is 21.7. The summed E-state index contributed by atoms with van der Waals surface area (Å²) in [6.07, 6.45) is 2.14. The fourth-order valence-electron chi connectivity index (χ4n) is 4.04. The molecule has 0 aliphatic carbocycles. The summed E-state index contributed by atoms with van der Waals surface area (Å²) in [5.41, 5.74) is 7.21. The van der Waals surface area contributed by atoms with E-state index in [1.54, 1.807) is 0 Å². The van der Waals surface area contributed by atoms with Gasteiger partial charge in [-0.2, -0.15) is 5.26 Å². The Morgan fingerprint density at radius 2 is 1.79 bits per heavy atom. The Hall–Kier alpha value is -2.55. The number of benzene rings is 1. The van der Waals surface area contributed by atoms with E-state index >= 15 is 0 Å². The van der Waals surface area contributed by atoms with Crippen LogP contribution in [-0.2, 0) is 9.59 Å². The summed E-state index contributed by atoms with van der Waals surface area (Å²) >= 11 is 0. The number of nitrogens with two attached hydrogens (primary N) is 1. The molecule has 0 bridgehead atoms. The van der Waals surface area contributed by atoms with E-state index in [0.29, 0.717) is 50.5 Å². The first-order chi connectivity index (χ1) is 13.4. The lowest BCUT2D eigenvalue weighted by molar-refractivity contribution is -0.142. The maximum absolute atomic E-state index is 13.3. The van der Waals surface area contributed by atoms with Gasteiger partial charge in [0.15, 0.2) is 0 Å². The monoisotopic (exact) mass is 384 g/mol. The number of hydrogen-bond donors (Lipinski definition) is 1. The minimum Gasteiger partial charge on any atom is -0.369 e. The van der Waals surface area contributed by atoms with Crippen LogP contribution in [-0.4, -0.2) is 42.9 Å². The highest BCUT2D eigenvalue weighted by Gasteiger charge is 2.36. The molecule has 0 spiro atoms. The van der Waals surface area contributed by atoms with Gasteiger partial charge in [0.05, 0.1) is 11.3 Å². The SMILES string of the molecule is CCCC(C(N)=O)C(CC(C)C)C(=O)N1CCN(c2ccccc2C#N)CC1. The third kappa shape index (κ3) is 5.25. The van der Waals surface area contributed by atoms with Crippen molar-refractivity contribution in [1.29, 1.82) is 5.26 Å². The van der Waals surface area contributed by atoms with Gasteiger partial charge in [-0.05, 0) is 30.9 Å². The normalized spacial score (nSPS) is 16.5. The Bertz CT molecular complexity index is 717. The summed E-state index contributed by atoms with van der Waals surface area (Å²) in [5, 5.41) is 9.32. The van der Waals surface area contributed by atoms with Crippen LogP contribution in [0.15, 0.2) is 24.3 Å². The molecular weight excluding hydrogens is 352 g/mol. The number of amides is 2. The van der Waals surface area contributed by atoms with Crippen LogP contribution in [0.2, 0.25) is 0 Å². The van der Waals surface area contributed by atoms with Crippen molar-refractivity contribution in [3.8, 4) is 6.07 Å². The average Bonchev–Trinajstić information content (AvgIpc) is 2.69. The van der Waals surface area contributed by atoms with Crippen LogP contribution in [0.4, 0.5) is 5.69 Å². The van der Waals surface area contributed by atoms with E-state index < -0.39 is 5.92 Å². The molecule has 0 aromatic heterocycles. The molecule has 2 atom stereocenters. The highest BCUT2D eigenvalue weighted by atomic mass is 16.2. The van der Waals surface area contributed by atoms with Gasteiger partial charge in [0, 0.05) is 38.0 Å². The Balaban J connectivity index is 2.10. The highest BCUT2D eigenvalue weighted by molar-refractivity contribution is 5.87. The standard InChI is InChI=1S/C22H32N4O2/c1-4-7-18(21(24)27)19(14-16(2)3)22(28)26-12-10-25(11-13-26)20-9-6-5-8-17(20)15-23/h5-6,8-9,16,18-19H,4,7,10-14H2,1-3H3,(H2,24,27). The molecule has 1 aromatic carbocycles. The van der Waals surface area contributed by atoms with E-state index in [1.807, 2.05) is 36.1 Å². The van der Waals surface area contributed by atoms with E-state index in [9.17, 15) is 14.9 Å². The lowest BCUT2D eigenvalue weighted by atomic mass is 9.81. The lowest BCUT2D eigenvalue weighted by Gasteiger charge is -2.39. The second kappa shape index (κ2) is 10.1. The molecule has 152 valence electrons. The Labute approximate surface area is 168 Å². The van der Waals surface area contributed by atoms with Crippen LogP contribution in [0.1, 0.15) is 45.6 Å². The van der Waals surface area contributed by atoms with Crippen molar-refractivity contribution in [2.45, 2.75) is 40.0 Å². The van der Waals surface area contributed by atoms with Crippen LogP contribution in [0.5, 0.6) is 0 Å². The van der Waals surface area contributed by atoms with Gasteiger partial charge in [-0.15, -0.1) is 0 Å². The molecule has 0 saturated carbocycles. The molecule has 2 amide bonds. The summed E-state index contributed by atoms with van der Waals surface area (Å²) in [4.78, 5) is 29.3. The van der Waals surface area contributed by atoms with Gasteiger partial charge in [-0.1, -0.05) is 39.3 Å². The fraction of sp³-hybridized carbons (Fsp3) is 0.591. The summed E-state index contributed by atoms with van der Waals surface area (Å²) in [6.45, 7) is 8.68. The lowest BCUT2D eigenvalue weighted by Crippen LogP contribution is -2.52. The third-order valence-electron chi connectivity index (χ3n) is 5.45. The van der Waals surface area contributed by atoms with Crippen LogP contribution in [0.25, 0.3) is 0 Å². The fourth-order valence-corrected chi connectivity index (χ4v) is 4.04. The number of piperazine rings is 1. The van der Waals surface area contributed by atoms with Gasteiger partial charge in [-0.3, -0.25) is 9.59 Å². The Morgan fingerprint density at radius 1 is 1.14 bits per heavy atom. The first-order valence-electron chi connectivity index (χ1n) is 10.2. The van der Waals surface area contributed by atoms with Crippen LogP contribution < -0.4 is 10.6 Å².